The molecule has 1 aromatic carbocycles. The van der Waals surface area contributed by atoms with Crippen LogP contribution in [0.5, 0.6) is 0 Å². The van der Waals surface area contributed by atoms with Crippen molar-refractivity contribution >= 4 is 11.9 Å². The molecule has 1 saturated heterocycles. The third-order valence-electron chi connectivity index (χ3n) is 4.09. The molecular formula is C16H20N6O2. The van der Waals surface area contributed by atoms with E-state index in [1.165, 1.54) is 15.3 Å². The number of rotatable bonds is 4. The first-order valence-electron chi connectivity index (χ1n) is 7.96. The molecule has 1 N–H and O–H groups in total. The van der Waals surface area contributed by atoms with E-state index in [9.17, 15) is 9.59 Å². The molecule has 126 valence electrons. The molecule has 2 heterocycles. The Morgan fingerprint density at radius 3 is 2.50 bits per heavy atom. The van der Waals surface area contributed by atoms with Crippen LogP contribution in [0.4, 0.5) is 4.79 Å². The number of nitrogens with one attached hydrogen (secondary N) is 1. The van der Waals surface area contributed by atoms with Gasteiger partial charge in [-0.3, -0.25) is 9.69 Å². The summed E-state index contributed by atoms with van der Waals surface area (Å²) in [6, 6.07) is 6.88. The van der Waals surface area contributed by atoms with Gasteiger partial charge in [0, 0.05) is 18.7 Å². The number of aromatic nitrogens is 4. The smallest absolute Gasteiger partial charge is 0.324 e. The lowest BCUT2D eigenvalue weighted by atomic mass is 10.0. The van der Waals surface area contributed by atoms with Crippen molar-refractivity contribution in [1.29, 1.82) is 0 Å². The second-order valence-electron chi connectivity index (χ2n) is 6.11. The first-order chi connectivity index (χ1) is 11.5. The molecule has 0 aliphatic carbocycles. The Balaban J connectivity index is 1.77. The molecule has 8 heteroatoms. The normalized spacial score (nSPS) is 15.7. The number of nitrogens with zero attached hydrogens (tertiary/aromatic N) is 5. The summed E-state index contributed by atoms with van der Waals surface area (Å²) >= 11 is 0. The highest BCUT2D eigenvalue weighted by molar-refractivity contribution is 5.97. The topological polar surface area (TPSA) is 93.0 Å². The van der Waals surface area contributed by atoms with E-state index >= 15 is 0 Å². The lowest BCUT2D eigenvalue weighted by Gasteiger charge is -2.16. The second-order valence-corrected chi connectivity index (χ2v) is 6.11. The van der Waals surface area contributed by atoms with Crippen molar-refractivity contribution < 1.29 is 9.59 Å². The molecular weight excluding hydrogens is 308 g/mol. The molecule has 1 aliphatic rings. The second kappa shape index (κ2) is 6.38. The molecule has 0 saturated carbocycles. The molecule has 0 unspecified atom stereocenters. The van der Waals surface area contributed by atoms with Gasteiger partial charge in [0.1, 0.15) is 6.04 Å². The zero-order chi connectivity index (χ0) is 17.3. The number of hydrogen-bond donors (Lipinski definition) is 1. The van der Waals surface area contributed by atoms with Crippen molar-refractivity contribution in [3.8, 4) is 11.4 Å². The number of carbonyl (C=O) groups is 2. The van der Waals surface area contributed by atoms with Crippen LogP contribution >= 0.6 is 0 Å². The van der Waals surface area contributed by atoms with Crippen molar-refractivity contribution in [2.24, 2.45) is 0 Å². The third kappa shape index (κ3) is 2.99. The first-order valence-corrected chi connectivity index (χ1v) is 7.96. The monoisotopic (exact) mass is 328 g/mol. The van der Waals surface area contributed by atoms with E-state index in [0.717, 1.165) is 5.56 Å². The van der Waals surface area contributed by atoms with Gasteiger partial charge in [-0.25, -0.2) is 4.79 Å². The molecule has 24 heavy (non-hydrogen) atoms. The molecule has 3 rings (SSSR count). The van der Waals surface area contributed by atoms with Gasteiger partial charge in [-0.1, -0.05) is 38.1 Å². The molecule has 0 bridgehead atoms. The van der Waals surface area contributed by atoms with E-state index in [0.29, 0.717) is 24.8 Å². The Hall–Kier alpha value is -2.77. The van der Waals surface area contributed by atoms with E-state index in [4.69, 9.17) is 0 Å². The number of benzene rings is 1. The summed E-state index contributed by atoms with van der Waals surface area (Å²) in [6.45, 7) is 6.74. The van der Waals surface area contributed by atoms with E-state index < -0.39 is 6.04 Å². The summed E-state index contributed by atoms with van der Waals surface area (Å²) in [6.07, 6.45) is 0. The maximum absolute atomic E-state index is 12.4. The average Bonchev–Trinajstić information content (AvgIpc) is 3.22. The van der Waals surface area contributed by atoms with Gasteiger partial charge in [0.2, 0.25) is 5.82 Å². The Kier molecular flexibility index (Phi) is 4.28. The highest BCUT2D eigenvalue weighted by atomic mass is 16.2. The summed E-state index contributed by atoms with van der Waals surface area (Å²) in [5.41, 5.74) is 2.07. The zero-order valence-corrected chi connectivity index (χ0v) is 13.9. The standard InChI is InChI=1S/C16H20N6O2/c1-10(2)12-4-6-13(7-5-12)14-18-20-22(19-14)11(3)15(23)21-9-8-17-16(21)24/h4-7,10-11H,8-9H2,1-3H3,(H,17,24)/t11-/m0/s1. The number of tetrazole rings is 1. The molecule has 2 aromatic rings. The van der Waals surface area contributed by atoms with Crippen molar-refractivity contribution in [3.63, 3.8) is 0 Å². The fraction of sp³-hybridized carbons (Fsp3) is 0.438. The van der Waals surface area contributed by atoms with Gasteiger partial charge < -0.3 is 5.32 Å². The average molecular weight is 328 g/mol. The summed E-state index contributed by atoms with van der Waals surface area (Å²) in [5, 5.41) is 14.9. The van der Waals surface area contributed by atoms with Gasteiger partial charge >= 0.3 is 6.03 Å². The van der Waals surface area contributed by atoms with Crippen LogP contribution in [0.1, 0.15) is 38.3 Å². The summed E-state index contributed by atoms with van der Waals surface area (Å²) in [5.74, 6) is 0.562. The molecule has 8 nitrogen and oxygen atoms in total. The summed E-state index contributed by atoms with van der Waals surface area (Å²) < 4.78 is 0. The van der Waals surface area contributed by atoms with Crippen molar-refractivity contribution in [3.05, 3.63) is 29.8 Å². The fourth-order valence-corrected chi connectivity index (χ4v) is 2.53. The van der Waals surface area contributed by atoms with Crippen LogP contribution in [0.2, 0.25) is 0 Å². The molecule has 0 radical (unpaired) electrons. The molecule has 3 amide bonds. The zero-order valence-electron chi connectivity index (χ0n) is 13.9. The third-order valence-corrected chi connectivity index (χ3v) is 4.09. The van der Waals surface area contributed by atoms with E-state index in [-0.39, 0.29) is 11.9 Å². The predicted octanol–water partition coefficient (Wildman–Crippen LogP) is 1.58. The van der Waals surface area contributed by atoms with Crippen LogP contribution in [-0.2, 0) is 4.79 Å². The minimum absolute atomic E-state index is 0.343. The van der Waals surface area contributed by atoms with Crippen LogP contribution in [0.3, 0.4) is 0 Å². The Labute approximate surface area is 139 Å². The van der Waals surface area contributed by atoms with Crippen LogP contribution in [0, 0.1) is 0 Å². The van der Waals surface area contributed by atoms with Gasteiger partial charge in [0.25, 0.3) is 5.91 Å². The molecule has 1 fully saturated rings. The number of urea groups is 1. The first kappa shape index (κ1) is 16.1. The van der Waals surface area contributed by atoms with Gasteiger partial charge in [0.05, 0.1) is 0 Å². The highest BCUT2D eigenvalue weighted by Crippen LogP contribution is 2.20. The largest absolute Gasteiger partial charge is 0.336 e. The molecule has 1 atom stereocenters. The summed E-state index contributed by atoms with van der Waals surface area (Å²) in [7, 11) is 0. The van der Waals surface area contributed by atoms with Crippen molar-refractivity contribution in [2.45, 2.75) is 32.7 Å². The highest BCUT2D eigenvalue weighted by Gasteiger charge is 2.31. The fourth-order valence-electron chi connectivity index (χ4n) is 2.53. The lowest BCUT2D eigenvalue weighted by molar-refractivity contribution is -0.131. The van der Waals surface area contributed by atoms with Gasteiger partial charge in [0.15, 0.2) is 0 Å². The summed E-state index contributed by atoms with van der Waals surface area (Å²) in [4.78, 5) is 26.4. The van der Waals surface area contributed by atoms with Gasteiger partial charge in [-0.2, -0.15) is 4.80 Å². The van der Waals surface area contributed by atoms with Crippen LogP contribution in [0.15, 0.2) is 24.3 Å². The van der Waals surface area contributed by atoms with E-state index in [1.807, 2.05) is 24.3 Å². The van der Waals surface area contributed by atoms with Crippen LogP contribution in [-0.4, -0.2) is 50.1 Å². The molecule has 0 spiro atoms. The maximum atomic E-state index is 12.4. The van der Waals surface area contributed by atoms with Crippen molar-refractivity contribution in [2.75, 3.05) is 13.1 Å². The molecule has 1 aromatic heterocycles. The van der Waals surface area contributed by atoms with Crippen LogP contribution < -0.4 is 5.32 Å². The maximum Gasteiger partial charge on any atom is 0.324 e. The van der Waals surface area contributed by atoms with Crippen LogP contribution in [0.25, 0.3) is 11.4 Å². The minimum Gasteiger partial charge on any atom is -0.336 e. The number of carbonyl (C=O) groups excluding carboxylic acids is 2. The quantitative estimate of drug-likeness (QED) is 0.919. The van der Waals surface area contributed by atoms with Gasteiger partial charge in [-0.15, -0.1) is 10.2 Å². The minimum atomic E-state index is -0.690. The van der Waals surface area contributed by atoms with Gasteiger partial charge in [-0.05, 0) is 23.6 Å². The number of imide groups is 1. The van der Waals surface area contributed by atoms with E-state index in [1.54, 1.807) is 6.92 Å². The number of hydrogen-bond acceptors (Lipinski definition) is 5. The predicted molar refractivity (Wildman–Crippen MR) is 87.2 cm³/mol. The molecule has 1 aliphatic heterocycles. The SMILES string of the molecule is CC(C)c1ccc(-c2nnn([C@@H](C)C(=O)N3CCNC3=O)n2)cc1. The van der Waals surface area contributed by atoms with Crippen molar-refractivity contribution in [1.82, 2.24) is 30.4 Å². The lowest BCUT2D eigenvalue weighted by Crippen LogP contribution is -2.39. The Bertz CT molecular complexity index is 752. The Morgan fingerprint density at radius 2 is 1.92 bits per heavy atom. The van der Waals surface area contributed by atoms with E-state index in [2.05, 4.69) is 34.6 Å². The number of amides is 3. The Morgan fingerprint density at radius 1 is 1.21 bits per heavy atom.